The van der Waals surface area contributed by atoms with Crippen LogP contribution in [0.5, 0.6) is 0 Å². The molecule has 0 amide bonds. The molecule has 4 nitrogen and oxygen atoms in total. The average molecular weight is 329 g/mol. The summed E-state index contributed by atoms with van der Waals surface area (Å²) in [7, 11) is 0. The number of nitrogens with zero attached hydrogens (tertiary/aromatic N) is 4. The number of hydrogen-bond donors (Lipinski definition) is 0. The van der Waals surface area contributed by atoms with Crippen LogP contribution in [0, 0.1) is 6.92 Å². The van der Waals surface area contributed by atoms with E-state index in [2.05, 4.69) is 32.3 Å². The fourth-order valence-corrected chi connectivity index (χ4v) is 4.54. The van der Waals surface area contributed by atoms with Gasteiger partial charge in [0.25, 0.3) is 0 Å². The number of fused-ring (bicyclic) bond motifs is 1. The Morgan fingerprint density at radius 1 is 1.32 bits per heavy atom. The molecule has 8 heteroatoms. The molecule has 0 aliphatic heterocycles. The van der Waals surface area contributed by atoms with Crippen molar-refractivity contribution in [3.63, 3.8) is 0 Å². The van der Waals surface area contributed by atoms with Crippen molar-refractivity contribution in [1.82, 2.24) is 19.3 Å². The molecule has 0 fully saturated rings. The summed E-state index contributed by atoms with van der Waals surface area (Å²) in [4.78, 5) is 15.1. The van der Waals surface area contributed by atoms with Gasteiger partial charge in [-0.05, 0) is 54.3 Å². The molecular weight excluding hydrogens is 320 g/mol. The molecule has 0 radical (unpaired) electrons. The zero-order valence-corrected chi connectivity index (χ0v) is 13.4. The quantitative estimate of drug-likeness (QED) is 0.532. The molecular formula is C11H9ClN4S3. The molecule has 0 aromatic carbocycles. The van der Waals surface area contributed by atoms with Gasteiger partial charge in [0.1, 0.15) is 15.7 Å². The zero-order chi connectivity index (χ0) is 13.4. The molecule has 0 bridgehead atoms. The normalized spacial score (nSPS) is 11.3. The summed E-state index contributed by atoms with van der Waals surface area (Å²) in [6.45, 7) is 4.00. The molecule has 19 heavy (non-hydrogen) atoms. The van der Waals surface area contributed by atoms with Gasteiger partial charge >= 0.3 is 0 Å². The van der Waals surface area contributed by atoms with E-state index in [0.717, 1.165) is 31.8 Å². The SMILES string of the molecule is CCc1cc2c(Sc3nc(C)ns3)nc(Cl)nc2s1. The Morgan fingerprint density at radius 2 is 2.16 bits per heavy atom. The summed E-state index contributed by atoms with van der Waals surface area (Å²) in [5.41, 5.74) is 0. The minimum Gasteiger partial charge on any atom is -0.213 e. The van der Waals surface area contributed by atoms with Crippen molar-refractivity contribution < 1.29 is 0 Å². The van der Waals surface area contributed by atoms with Crippen LogP contribution in [0.3, 0.4) is 0 Å². The van der Waals surface area contributed by atoms with Crippen molar-refractivity contribution in [3.8, 4) is 0 Å². The summed E-state index contributed by atoms with van der Waals surface area (Å²) in [6, 6.07) is 2.13. The van der Waals surface area contributed by atoms with E-state index in [1.54, 1.807) is 11.3 Å². The molecule has 0 aliphatic rings. The Kier molecular flexibility index (Phi) is 3.70. The van der Waals surface area contributed by atoms with E-state index < -0.39 is 0 Å². The lowest BCUT2D eigenvalue weighted by Crippen LogP contribution is -1.86. The van der Waals surface area contributed by atoms with E-state index in [4.69, 9.17) is 11.6 Å². The van der Waals surface area contributed by atoms with E-state index in [1.165, 1.54) is 28.2 Å². The fraction of sp³-hybridized carbons (Fsp3) is 0.273. The lowest BCUT2D eigenvalue weighted by molar-refractivity contribution is 1.08. The lowest BCUT2D eigenvalue weighted by Gasteiger charge is -1.99. The van der Waals surface area contributed by atoms with Gasteiger partial charge in [-0.3, -0.25) is 0 Å². The molecule has 3 heterocycles. The van der Waals surface area contributed by atoms with Crippen molar-refractivity contribution in [2.45, 2.75) is 29.6 Å². The van der Waals surface area contributed by atoms with Crippen molar-refractivity contribution in [2.75, 3.05) is 0 Å². The van der Waals surface area contributed by atoms with Crippen molar-refractivity contribution in [3.05, 3.63) is 22.1 Å². The molecule has 0 saturated heterocycles. The number of hydrogen-bond acceptors (Lipinski definition) is 7. The third-order valence-electron chi connectivity index (χ3n) is 2.42. The highest BCUT2D eigenvalue weighted by molar-refractivity contribution is 8.01. The first-order valence-electron chi connectivity index (χ1n) is 5.60. The Hall–Kier alpha value is -0.760. The van der Waals surface area contributed by atoms with E-state index in [1.807, 2.05) is 6.92 Å². The van der Waals surface area contributed by atoms with Crippen LogP contribution in [0.25, 0.3) is 10.2 Å². The van der Waals surface area contributed by atoms with Gasteiger partial charge in [-0.1, -0.05) is 6.92 Å². The predicted octanol–water partition coefficient (Wildman–Crippen LogP) is 4.22. The Bertz CT molecular complexity index is 737. The average Bonchev–Trinajstić information content (AvgIpc) is 2.95. The molecule has 3 rings (SSSR count). The molecule has 3 aromatic rings. The predicted molar refractivity (Wildman–Crippen MR) is 80.6 cm³/mol. The van der Waals surface area contributed by atoms with Crippen LogP contribution < -0.4 is 0 Å². The Morgan fingerprint density at radius 3 is 2.84 bits per heavy atom. The molecule has 0 unspecified atom stereocenters. The highest BCUT2D eigenvalue weighted by atomic mass is 35.5. The Balaban J connectivity index is 2.08. The van der Waals surface area contributed by atoms with Crippen LogP contribution in [-0.2, 0) is 6.42 Å². The minimum absolute atomic E-state index is 0.278. The minimum atomic E-state index is 0.278. The fourth-order valence-electron chi connectivity index (χ4n) is 1.57. The van der Waals surface area contributed by atoms with Gasteiger partial charge in [0.05, 0.1) is 0 Å². The van der Waals surface area contributed by atoms with Gasteiger partial charge in [-0.15, -0.1) is 11.3 Å². The van der Waals surface area contributed by atoms with Crippen LogP contribution in [0.2, 0.25) is 5.28 Å². The summed E-state index contributed by atoms with van der Waals surface area (Å²) < 4.78 is 5.05. The summed E-state index contributed by atoms with van der Waals surface area (Å²) in [5.74, 6) is 0.781. The number of thiophene rings is 1. The second-order valence-electron chi connectivity index (χ2n) is 3.79. The van der Waals surface area contributed by atoms with Crippen LogP contribution in [0.15, 0.2) is 15.4 Å². The second-order valence-corrected chi connectivity index (χ2v) is 7.23. The van der Waals surface area contributed by atoms with Crippen LogP contribution in [-0.4, -0.2) is 19.3 Å². The molecule has 0 atom stereocenters. The number of rotatable bonds is 3. The van der Waals surface area contributed by atoms with Gasteiger partial charge in [0, 0.05) is 10.3 Å². The highest BCUT2D eigenvalue weighted by Gasteiger charge is 2.13. The first kappa shape index (κ1) is 13.2. The van der Waals surface area contributed by atoms with E-state index >= 15 is 0 Å². The highest BCUT2D eigenvalue weighted by Crippen LogP contribution is 2.36. The van der Waals surface area contributed by atoms with Crippen molar-refractivity contribution in [2.24, 2.45) is 0 Å². The number of aromatic nitrogens is 4. The topological polar surface area (TPSA) is 51.6 Å². The monoisotopic (exact) mass is 328 g/mol. The maximum absolute atomic E-state index is 5.99. The van der Waals surface area contributed by atoms with Crippen molar-refractivity contribution in [1.29, 1.82) is 0 Å². The standard InChI is InChI=1S/C11H9ClN4S3/c1-3-6-4-7-8(17-6)14-10(12)15-9(7)18-11-13-5(2)16-19-11/h4H,3H2,1-2H3. The summed E-state index contributed by atoms with van der Waals surface area (Å²) in [6.07, 6.45) is 0.987. The van der Waals surface area contributed by atoms with Gasteiger partial charge < -0.3 is 0 Å². The summed E-state index contributed by atoms with van der Waals surface area (Å²) in [5, 5.41) is 2.17. The molecule has 0 aliphatic carbocycles. The maximum atomic E-state index is 5.99. The van der Waals surface area contributed by atoms with Gasteiger partial charge in [-0.2, -0.15) is 4.37 Å². The molecule has 0 saturated carbocycles. The third kappa shape index (κ3) is 2.74. The molecule has 0 N–H and O–H groups in total. The number of aryl methyl sites for hydroxylation is 2. The largest absolute Gasteiger partial charge is 0.224 e. The summed E-state index contributed by atoms with van der Waals surface area (Å²) >= 11 is 10.5. The maximum Gasteiger partial charge on any atom is 0.224 e. The number of halogens is 1. The Labute approximate surface area is 127 Å². The van der Waals surface area contributed by atoms with Gasteiger partial charge in [0.2, 0.25) is 5.28 Å². The van der Waals surface area contributed by atoms with Gasteiger partial charge in [-0.25, -0.2) is 15.0 Å². The lowest BCUT2D eigenvalue weighted by atomic mass is 10.3. The van der Waals surface area contributed by atoms with E-state index in [-0.39, 0.29) is 5.28 Å². The second kappa shape index (κ2) is 5.32. The van der Waals surface area contributed by atoms with Crippen molar-refractivity contribution >= 4 is 56.4 Å². The first-order valence-corrected chi connectivity index (χ1v) is 8.38. The molecule has 0 spiro atoms. The van der Waals surface area contributed by atoms with E-state index in [0.29, 0.717) is 0 Å². The van der Waals surface area contributed by atoms with Crippen LogP contribution in [0.1, 0.15) is 17.6 Å². The van der Waals surface area contributed by atoms with Crippen LogP contribution >= 0.6 is 46.2 Å². The molecule has 3 aromatic heterocycles. The van der Waals surface area contributed by atoms with E-state index in [9.17, 15) is 0 Å². The smallest absolute Gasteiger partial charge is 0.213 e. The zero-order valence-electron chi connectivity index (χ0n) is 10.2. The van der Waals surface area contributed by atoms with Gasteiger partial charge in [0.15, 0.2) is 4.34 Å². The third-order valence-corrected chi connectivity index (χ3v) is 5.61. The first-order chi connectivity index (χ1) is 9.15. The molecule has 98 valence electrons. The van der Waals surface area contributed by atoms with Crippen LogP contribution in [0.4, 0.5) is 0 Å².